The summed E-state index contributed by atoms with van der Waals surface area (Å²) in [5, 5.41) is 19.7. The molecule has 1 fully saturated rings. The lowest BCUT2D eigenvalue weighted by Crippen LogP contribution is -2.57. The summed E-state index contributed by atoms with van der Waals surface area (Å²) in [4.78, 5) is 22.5. The van der Waals surface area contributed by atoms with Gasteiger partial charge < -0.3 is 10.2 Å². The number of alkyl halides is 3. The van der Waals surface area contributed by atoms with Crippen molar-refractivity contribution in [1.29, 1.82) is 0 Å². The normalized spacial score (nSPS) is 32.2. The van der Waals surface area contributed by atoms with Crippen molar-refractivity contribution in [2.45, 2.75) is 44.9 Å². The van der Waals surface area contributed by atoms with Gasteiger partial charge in [-0.3, -0.25) is 4.79 Å². The zero-order valence-corrected chi connectivity index (χ0v) is 13.4. The number of carbonyl (C=O) groups is 2. The predicted molar refractivity (Wildman–Crippen MR) is 80.1 cm³/mol. The number of ketones is 1. The van der Waals surface area contributed by atoms with Gasteiger partial charge in [-0.1, -0.05) is 6.08 Å². The van der Waals surface area contributed by atoms with Crippen LogP contribution >= 0.6 is 0 Å². The fraction of sp³-hybridized carbons (Fsp3) is 0.529. The number of carbonyl (C=O) groups excluding carboxylic acids is 1. The van der Waals surface area contributed by atoms with E-state index in [0.717, 1.165) is 38.0 Å². The summed E-state index contributed by atoms with van der Waals surface area (Å²) < 4.78 is 40.8. The van der Waals surface area contributed by atoms with Crippen LogP contribution in [0.1, 0.15) is 33.1 Å². The number of aliphatic hydroxyl groups is 1. The smallest absolute Gasteiger partial charge is 0.398 e. The third-order valence-corrected chi connectivity index (χ3v) is 4.83. The average Bonchev–Trinajstić information content (AvgIpc) is 3.23. The highest BCUT2D eigenvalue weighted by Gasteiger charge is 2.65. The van der Waals surface area contributed by atoms with Crippen molar-refractivity contribution in [1.82, 2.24) is 0 Å². The SMILES string of the molecule is CC1=CC(=O)CC(C)(C(F)(F)F)C1(O)C=CC(=CC(=O)O)C1CC1. The molecule has 1 saturated carbocycles. The third kappa shape index (κ3) is 3.17. The zero-order chi connectivity index (χ0) is 18.3. The zero-order valence-electron chi connectivity index (χ0n) is 13.4. The molecular weight excluding hydrogens is 325 g/mol. The fourth-order valence-electron chi connectivity index (χ4n) is 3.03. The van der Waals surface area contributed by atoms with Crippen LogP contribution in [0, 0.1) is 11.3 Å². The lowest BCUT2D eigenvalue weighted by Gasteiger charge is -2.46. The number of allylic oxidation sites excluding steroid dienone is 3. The van der Waals surface area contributed by atoms with Crippen LogP contribution < -0.4 is 0 Å². The molecule has 0 heterocycles. The molecule has 2 atom stereocenters. The molecule has 7 heteroatoms. The second-order valence-electron chi connectivity index (χ2n) is 6.66. The first kappa shape index (κ1) is 18.4. The predicted octanol–water partition coefficient (Wildman–Crippen LogP) is 3.18. The standard InChI is InChI=1S/C17H19F3O4/c1-10-7-13(21)9-15(2,17(18,19)20)16(10,24)6-5-12(8-14(22)23)11-3-4-11/h5-8,11,24H,3-4,9H2,1-2H3,(H,22,23). The Bertz CT molecular complexity index is 655. The van der Waals surface area contributed by atoms with Crippen LogP contribution in [0.15, 0.2) is 35.5 Å². The summed E-state index contributed by atoms with van der Waals surface area (Å²) in [5.74, 6) is -1.92. The molecule has 2 N–H and O–H groups in total. The van der Waals surface area contributed by atoms with E-state index >= 15 is 0 Å². The van der Waals surface area contributed by atoms with E-state index in [9.17, 15) is 27.9 Å². The number of carboxylic acids is 1. The summed E-state index contributed by atoms with van der Waals surface area (Å²) in [6, 6.07) is 0. The van der Waals surface area contributed by atoms with E-state index in [2.05, 4.69) is 0 Å². The third-order valence-electron chi connectivity index (χ3n) is 4.83. The topological polar surface area (TPSA) is 74.6 Å². The van der Waals surface area contributed by atoms with Crippen molar-refractivity contribution in [3.8, 4) is 0 Å². The molecule has 0 aromatic rings. The Morgan fingerprint density at radius 2 is 1.96 bits per heavy atom. The van der Waals surface area contributed by atoms with E-state index in [0.29, 0.717) is 5.57 Å². The van der Waals surface area contributed by atoms with Gasteiger partial charge >= 0.3 is 12.1 Å². The van der Waals surface area contributed by atoms with Gasteiger partial charge in [-0.25, -0.2) is 4.79 Å². The van der Waals surface area contributed by atoms with Gasteiger partial charge in [0.15, 0.2) is 5.78 Å². The summed E-state index contributed by atoms with van der Waals surface area (Å²) in [6.07, 6.45) is 0.000851. The van der Waals surface area contributed by atoms with Gasteiger partial charge in [-0.2, -0.15) is 13.2 Å². The molecule has 0 aliphatic heterocycles. The van der Waals surface area contributed by atoms with E-state index in [1.165, 1.54) is 13.0 Å². The number of hydrogen-bond donors (Lipinski definition) is 2. The minimum atomic E-state index is -4.81. The van der Waals surface area contributed by atoms with Crippen LogP contribution in [0.3, 0.4) is 0 Å². The van der Waals surface area contributed by atoms with Crippen molar-refractivity contribution in [2.75, 3.05) is 0 Å². The Morgan fingerprint density at radius 3 is 2.42 bits per heavy atom. The second-order valence-corrected chi connectivity index (χ2v) is 6.66. The lowest BCUT2D eigenvalue weighted by molar-refractivity contribution is -0.261. The maximum atomic E-state index is 13.6. The maximum absolute atomic E-state index is 13.6. The van der Waals surface area contributed by atoms with E-state index in [4.69, 9.17) is 5.11 Å². The first-order chi connectivity index (χ1) is 10.9. The molecule has 24 heavy (non-hydrogen) atoms. The highest BCUT2D eigenvalue weighted by atomic mass is 19.4. The Balaban J connectivity index is 2.50. The quantitative estimate of drug-likeness (QED) is 0.607. The van der Waals surface area contributed by atoms with Gasteiger partial charge in [-0.05, 0) is 55.9 Å². The molecule has 2 aliphatic rings. The molecular formula is C17H19F3O4. The van der Waals surface area contributed by atoms with Crippen LogP contribution in [0.25, 0.3) is 0 Å². The van der Waals surface area contributed by atoms with Crippen molar-refractivity contribution >= 4 is 11.8 Å². The lowest BCUT2D eigenvalue weighted by atomic mass is 9.62. The van der Waals surface area contributed by atoms with Gasteiger partial charge in [0.05, 0.1) is 0 Å². The number of halogens is 3. The summed E-state index contributed by atoms with van der Waals surface area (Å²) in [6.45, 7) is 2.08. The molecule has 132 valence electrons. The Morgan fingerprint density at radius 1 is 1.38 bits per heavy atom. The van der Waals surface area contributed by atoms with Crippen molar-refractivity contribution in [3.63, 3.8) is 0 Å². The van der Waals surface area contributed by atoms with E-state index in [1.807, 2.05) is 0 Å². The van der Waals surface area contributed by atoms with Gasteiger partial charge in [-0.15, -0.1) is 0 Å². The molecule has 0 aromatic carbocycles. The molecule has 0 spiro atoms. The first-order valence-corrected chi connectivity index (χ1v) is 7.55. The van der Waals surface area contributed by atoms with Crippen molar-refractivity contribution in [3.05, 3.63) is 35.5 Å². The second kappa shape index (κ2) is 5.88. The molecule has 4 nitrogen and oxygen atoms in total. The van der Waals surface area contributed by atoms with E-state index in [1.54, 1.807) is 0 Å². The Hall–Kier alpha value is -1.89. The molecule has 0 saturated heterocycles. The van der Waals surface area contributed by atoms with Crippen LogP contribution in [0.5, 0.6) is 0 Å². The first-order valence-electron chi connectivity index (χ1n) is 7.55. The van der Waals surface area contributed by atoms with Gasteiger partial charge in [0.25, 0.3) is 0 Å². The Labute approximate surface area is 137 Å². The van der Waals surface area contributed by atoms with Crippen molar-refractivity contribution in [2.24, 2.45) is 11.3 Å². The van der Waals surface area contributed by atoms with Crippen LogP contribution in [-0.2, 0) is 9.59 Å². The molecule has 2 unspecified atom stereocenters. The molecule has 0 radical (unpaired) electrons. The summed E-state index contributed by atoms with van der Waals surface area (Å²) >= 11 is 0. The van der Waals surface area contributed by atoms with Crippen LogP contribution in [0.4, 0.5) is 13.2 Å². The number of carboxylic acid groups (broad SMARTS) is 1. The maximum Gasteiger partial charge on any atom is 0.398 e. The van der Waals surface area contributed by atoms with E-state index < -0.39 is 35.4 Å². The molecule has 0 aromatic heterocycles. The van der Waals surface area contributed by atoms with E-state index in [-0.39, 0.29) is 11.5 Å². The number of aliphatic carboxylic acids is 1. The van der Waals surface area contributed by atoms with Gasteiger partial charge in [0.2, 0.25) is 0 Å². The molecule has 2 rings (SSSR count). The van der Waals surface area contributed by atoms with Gasteiger partial charge in [0.1, 0.15) is 11.0 Å². The average molecular weight is 344 g/mol. The highest BCUT2D eigenvalue weighted by Crippen LogP contribution is 2.54. The summed E-state index contributed by atoms with van der Waals surface area (Å²) in [7, 11) is 0. The Kier molecular flexibility index (Phi) is 4.52. The fourth-order valence-corrected chi connectivity index (χ4v) is 3.03. The van der Waals surface area contributed by atoms with Crippen LogP contribution in [-0.4, -0.2) is 33.7 Å². The monoisotopic (exact) mass is 344 g/mol. The minimum Gasteiger partial charge on any atom is -0.478 e. The van der Waals surface area contributed by atoms with Crippen molar-refractivity contribution < 1.29 is 33.0 Å². The molecule has 0 bridgehead atoms. The largest absolute Gasteiger partial charge is 0.478 e. The number of rotatable bonds is 4. The minimum absolute atomic E-state index is 0.0207. The highest BCUT2D eigenvalue weighted by molar-refractivity contribution is 5.93. The number of hydrogen-bond acceptors (Lipinski definition) is 3. The molecule has 0 amide bonds. The van der Waals surface area contributed by atoms with Crippen LogP contribution in [0.2, 0.25) is 0 Å². The summed E-state index contributed by atoms with van der Waals surface area (Å²) in [5.41, 5.74) is -4.83. The van der Waals surface area contributed by atoms with Gasteiger partial charge in [0, 0.05) is 12.5 Å². The molecule has 2 aliphatic carbocycles.